The standard InChI is InChI=1S/C16H15NO3S/c18-15(17-12-8-11(9-12)16(19)20)14-13(6-7-21-14)10-4-2-1-3-5-10/h1-7,11-12H,8-9H2,(H,17,18)(H,19,20). The van der Waals surface area contributed by atoms with Crippen LogP contribution in [0.25, 0.3) is 11.1 Å². The fourth-order valence-electron chi connectivity index (χ4n) is 2.52. The fourth-order valence-corrected chi connectivity index (χ4v) is 3.34. The van der Waals surface area contributed by atoms with Crippen molar-refractivity contribution < 1.29 is 14.7 Å². The van der Waals surface area contributed by atoms with E-state index in [1.165, 1.54) is 11.3 Å². The van der Waals surface area contributed by atoms with Crippen LogP contribution in [0.1, 0.15) is 22.5 Å². The molecule has 0 saturated heterocycles. The second-order valence-electron chi connectivity index (χ2n) is 5.21. The molecule has 1 amide bonds. The average Bonchev–Trinajstić information content (AvgIpc) is 2.92. The molecule has 108 valence electrons. The van der Waals surface area contributed by atoms with E-state index in [0.717, 1.165) is 11.1 Å². The molecular weight excluding hydrogens is 286 g/mol. The van der Waals surface area contributed by atoms with Crippen LogP contribution in [0, 0.1) is 5.92 Å². The lowest BCUT2D eigenvalue weighted by molar-refractivity contribution is -0.145. The second-order valence-corrected chi connectivity index (χ2v) is 6.12. The van der Waals surface area contributed by atoms with Crippen molar-refractivity contribution in [2.75, 3.05) is 0 Å². The summed E-state index contributed by atoms with van der Waals surface area (Å²) in [4.78, 5) is 23.8. The van der Waals surface area contributed by atoms with Crippen molar-refractivity contribution in [1.82, 2.24) is 5.32 Å². The number of amides is 1. The number of rotatable bonds is 4. The Hall–Kier alpha value is -2.14. The lowest BCUT2D eigenvalue weighted by Crippen LogP contribution is -2.46. The Morgan fingerprint density at radius 3 is 2.52 bits per heavy atom. The molecule has 21 heavy (non-hydrogen) atoms. The van der Waals surface area contributed by atoms with E-state index >= 15 is 0 Å². The first-order chi connectivity index (χ1) is 10.1. The quantitative estimate of drug-likeness (QED) is 0.912. The summed E-state index contributed by atoms with van der Waals surface area (Å²) in [6.07, 6.45) is 1.04. The van der Waals surface area contributed by atoms with Crippen LogP contribution >= 0.6 is 11.3 Å². The molecular formula is C16H15NO3S. The number of carbonyl (C=O) groups is 2. The first-order valence-corrected chi connectivity index (χ1v) is 7.69. The molecule has 1 aliphatic carbocycles. The molecule has 0 bridgehead atoms. The Balaban J connectivity index is 1.70. The van der Waals surface area contributed by atoms with E-state index in [1.54, 1.807) is 0 Å². The molecule has 0 spiro atoms. The summed E-state index contributed by atoms with van der Waals surface area (Å²) in [6.45, 7) is 0. The number of carbonyl (C=O) groups excluding carboxylic acids is 1. The lowest BCUT2D eigenvalue weighted by Gasteiger charge is -2.32. The SMILES string of the molecule is O=C(NC1CC(C(=O)O)C1)c1sccc1-c1ccccc1. The predicted molar refractivity (Wildman–Crippen MR) is 81.4 cm³/mol. The van der Waals surface area contributed by atoms with Gasteiger partial charge in [0.25, 0.3) is 5.91 Å². The number of benzene rings is 1. The van der Waals surface area contributed by atoms with E-state index < -0.39 is 5.97 Å². The summed E-state index contributed by atoms with van der Waals surface area (Å²) in [5, 5.41) is 13.7. The number of carboxylic acids is 1. The average molecular weight is 301 g/mol. The van der Waals surface area contributed by atoms with Crippen molar-refractivity contribution >= 4 is 23.2 Å². The van der Waals surface area contributed by atoms with Crippen LogP contribution in [0.5, 0.6) is 0 Å². The number of thiophene rings is 1. The number of hydrogen-bond acceptors (Lipinski definition) is 3. The van der Waals surface area contributed by atoms with Gasteiger partial charge in [-0.15, -0.1) is 11.3 Å². The minimum Gasteiger partial charge on any atom is -0.481 e. The van der Waals surface area contributed by atoms with Crippen LogP contribution in [0.4, 0.5) is 0 Å². The van der Waals surface area contributed by atoms with Gasteiger partial charge in [-0.3, -0.25) is 9.59 Å². The summed E-state index contributed by atoms with van der Waals surface area (Å²) >= 11 is 1.41. The molecule has 0 atom stereocenters. The number of carboxylic acid groups (broad SMARTS) is 1. The van der Waals surface area contributed by atoms with Gasteiger partial charge in [-0.2, -0.15) is 0 Å². The Kier molecular flexibility index (Phi) is 3.75. The van der Waals surface area contributed by atoms with Gasteiger partial charge in [0.1, 0.15) is 0 Å². The minimum absolute atomic E-state index is 0.0238. The van der Waals surface area contributed by atoms with E-state index in [9.17, 15) is 9.59 Å². The maximum atomic E-state index is 12.3. The van der Waals surface area contributed by atoms with E-state index in [1.807, 2.05) is 41.8 Å². The van der Waals surface area contributed by atoms with Crippen molar-refractivity contribution in [3.8, 4) is 11.1 Å². The Labute approximate surface area is 126 Å². The van der Waals surface area contributed by atoms with Gasteiger partial charge in [0.15, 0.2) is 0 Å². The molecule has 0 radical (unpaired) electrons. The topological polar surface area (TPSA) is 66.4 Å². The third kappa shape index (κ3) is 2.83. The number of nitrogens with one attached hydrogen (secondary N) is 1. The third-order valence-corrected chi connectivity index (χ3v) is 4.69. The van der Waals surface area contributed by atoms with Crippen molar-refractivity contribution in [2.24, 2.45) is 5.92 Å². The van der Waals surface area contributed by atoms with E-state index in [4.69, 9.17) is 5.11 Å². The minimum atomic E-state index is -0.776. The molecule has 0 unspecified atom stereocenters. The monoisotopic (exact) mass is 301 g/mol. The van der Waals surface area contributed by atoms with E-state index in [-0.39, 0.29) is 17.9 Å². The molecule has 4 nitrogen and oxygen atoms in total. The van der Waals surface area contributed by atoms with Gasteiger partial charge in [0, 0.05) is 11.6 Å². The summed E-state index contributed by atoms with van der Waals surface area (Å²) in [7, 11) is 0. The molecule has 5 heteroatoms. The lowest BCUT2D eigenvalue weighted by atomic mass is 9.80. The van der Waals surface area contributed by atoms with Gasteiger partial charge < -0.3 is 10.4 Å². The molecule has 1 aromatic carbocycles. The summed E-state index contributed by atoms with van der Waals surface area (Å²) in [5.74, 6) is -1.20. The van der Waals surface area contributed by atoms with Gasteiger partial charge in [0.05, 0.1) is 10.8 Å². The Morgan fingerprint density at radius 1 is 1.14 bits per heavy atom. The largest absolute Gasteiger partial charge is 0.481 e. The zero-order valence-electron chi connectivity index (χ0n) is 11.3. The van der Waals surface area contributed by atoms with Gasteiger partial charge >= 0.3 is 5.97 Å². The molecule has 1 heterocycles. The Morgan fingerprint density at radius 2 is 1.86 bits per heavy atom. The van der Waals surface area contributed by atoms with Crippen LogP contribution in [-0.2, 0) is 4.79 Å². The number of hydrogen-bond donors (Lipinski definition) is 2. The molecule has 2 aromatic rings. The molecule has 3 rings (SSSR count). The highest BCUT2D eigenvalue weighted by atomic mass is 32.1. The van der Waals surface area contributed by atoms with Gasteiger partial charge in [0.2, 0.25) is 0 Å². The second kappa shape index (κ2) is 5.69. The highest BCUT2D eigenvalue weighted by Crippen LogP contribution is 2.31. The van der Waals surface area contributed by atoms with E-state index in [0.29, 0.717) is 17.7 Å². The highest BCUT2D eigenvalue weighted by Gasteiger charge is 2.35. The third-order valence-electron chi connectivity index (χ3n) is 3.78. The van der Waals surface area contributed by atoms with Crippen molar-refractivity contribution in [3.63, 3.8) is 0 Å². The molecule has 1 saturated carbocycles. The van der Waals surface area contributed by atoms with Crippen molar-refractivity contribution in [2.45, 2.75) is 18.9 Å². The first-order valence-electron chi connectivity index (χ1n) is 6.81. The van der Waals surface area contributed by atoms with Crippen LogP contribution < -0.4 is 5.32 Å². The Bertz CT molecular complexity index is 659. The van der Waals surface area contributed by atoms with Crippen LogP contribution in [0.2, 0.25) is 0 Å². The first kappa shape index (κ1) is 13.8. The smallest absolute Gasteiger partial charge is 0.306 e. The number of aliphatic carboxylic acids is 1. The summed E-state index contributed by atoms with van der Waals surface area (Å²) < 4.78 is 0. The molecule has 1 aromatic heterocycles. The fraction of sp³-hybridized carbons (Fsp3) is 0.250. The summed E-state index contributed by atoms with van der Waals surface area (Å²) in [5.41, 5.74) is 1.94. The normalized spacial score (nSPS) is 20.6. The maximum absolute atomic E-state index is 12.3. The van der Waals surface area contributed by atoms with Crippen molar-refractivity contribution in [3.05, 3.63) is 46.7 Å². The van der Waals surface area contributed by atoms with Crippen molar-refractivity contribution in [1.29, 1.82) is 0 Å². The molecule has 2 N–H and O–H groups in total. The van der Waals surface area contributed by atoms with Crippen LogP contribution in [-0.4, -0.2) is 23.0 Å². The van der Waals surface area contributed by atoms with Crippen LogP contribution in [0.15, 0.2) is 41.8 Å². The van der Waals surface area contributed by atoms with Gasteiger partial charge in [-0.05, 0) is 29.9 Å². The van der Waals surface area contributed by atoms with Crippen LogP contribution in [0.3, 0.4) is 0 Å². The van der Waals surface area contributed by atoms with E-state index in [2.05, 4.69) is 5.32 Å². The molecule has 0 aliphatic heterocycles. The maximum Gasteiger partial charge on any atom is 0.306 e. The van der Waals surface area contributed by atoms with Gasteiger partial charge in [-0.1, -0.05) is 30.3 Å². The zero-order chi connectivity index (χ0) is 14.8. The molecule has 1 fully saturated rings. The zero-order valence-corrected chi connectivity index (χ0v) is 12.1. The summed E-state index contributed by atoms with van der Waals surface area (Å²) in [6, 6.07) is 11.7. The van der Waals surface area contributed by atoms with Gasteiger partial charge in [-0.25, -0.2) is 0 Å². The molecule has 1 aliphatic rings. The predicted octanol–water partition coefficient (Wildman–Crippen LogP) is 3.01. The highest BCUT2D eigenvalue weighted by molar-refractivity contribution is 7.12.